The van der Waals surface area contributed by atoms with Crippen LogP contribution in [0.1, 0.15) is 29.0 Å². The molecule has 1 unspecified atom stereocenters. The monoisotopic (exact) mass is 378 g/mol. The Morgan fingerprint density at radius 3 is 2.39 bits per heavy atom. The van der Waals surface area contributed by atoms with Crippen LogP contribution in [0.25, 0.3) is 0 Å². The Morgan fingerprint density at radius 1 is 0.964 bits per heavy atom. The number of nitrogens with zero attached hydrogens (tertiary/aromatic N) is 2. The van der Waals surface area contributed by atoms with Gasteiger partial charge in [-0.3, -0.25) is 4.79 Å². The molecule has 0 aliphatic rings. The summed E-state index contributed by atoms with van der Waals surface area (Å²) < 4.78 is 10.5. The van der Waals surface area contributed by atoms with Gasteiger partial charge in [0.25, 0.3) is 5.91 Å². The maximum absolute atomic E-state index is 12.4. The first-order chi connectivity index (χ1) is 13.6. The highest BCUT2D eigenvalue weighted by Crippen LogP contribution is 2.30. The van der Waals surface area contributed by atoms with Gasteiger partial charge in [0.05, 0.1) is 25.9 Å². The fraction of sp³-hybridized carbons (Fsp3) is 0.190. The zero-order valence-corrected chi connectivity index (χ0v) is 16.0. The molecule has 0 bridgehead atoms. The number of benzene rings is 2. The molecule has 0 spiro atoms. The van der Waals surface area contributed by atoms with Crippen molar-refractivity contribution in [3.05, 3.63) is 71.9 Å². The number of methoxy groups -OCH3 is 2. The Morgan fingerprint density at radius 2 is 1.75 bits per heavy atom. The number of aromatic nitrogens is 2. The zero-order valence-electron chi connectivity index (χ0n) is 16.0. The third kappa shape index (κ3) is 4.56. The minimum absolute atomic E-state index is 0.128. The number of anilines is 2. The summed E-state index contributed by atoms with van der Waals surface area (Å²) in [4.78, 5) is 12.4. The summed E-state index contributed by atoms with van der Waals surface area (Å²) >= 11 is 0. The molecule has 144 valence electrons. The first-order valence-corrected chi connectivity index (χ1v) is 8.79. The van der Waals surface area contributed by atoms with Gasteiger partial charge in [-0.15, -0.1) is 10.2 Å². The Kier molecular flexibility index (Phi) is 6.06. The molecule has 1 atom stereocenters. The molecule has 0 saturated carbocycles. The third-order valence-corrected chi connectivity index (χ3v) is 4.22. The zero-order chi connectivity index (χ0) is 19.9. The fourth-order valence-corrected chi connectivity index (χ4v) is 2.66. The lowest BCUT2D eigenvalue weighted by atomic mass is 10.1. The second-order valence-electron chi connectivity index (χ2n) is 6.10. The van der Waals surface area contributed by atoms with Crippen LogP contribution in [0.3, 0.4) is 0 Å². The van der Waals surface area contributed by atoms with E-state index in [9.17, 15) is 4.79 Å². The smallest absolute Gasteiger partial charge is 0.272 e. The summed E-state index contributed by atoms with van der Waals surface area (Å²) in [7, 11) is 3.17. The molecule has 3 aromatic rings. The fourth-order valence-electron chi connectivity index (χ4n) is 2.66. The summed E-state index contributed by atoms with van der Waals surface area (Å²) in [5.74, 6) is 1.52. The number of carbonyl (C=O) groups excluding carboxylic acids is 1. The van der Waals surface area contributed by atoms with Crippen molar-refractivity contribution in [3.63, 3.8) is 0 Å². The van der Waals surface area contributed by atoms with Crippen molar-refractivity contribution in [2.75, 3.05) is 19.5 Å². The van der Waals surface area contributed by atoms with Crippen LogP contribution in [0.5, 0.6) is 11.5 Å². The van der Waals surface area contributed by atoms with Crippen molar-refractivity contribution in [2.24, 2.45) is 0 Å². The lowest BCUT2D eigenvalue weighted by Gasteiger charge is -2.14. The number of hydrogen-bond donors (Lipinski definition) is 2. The van der Waals surface area contributed by atoms with Gasteiger partial charge in [-0.05, 0) is 36.8 Å². The van der Waals surface area contributed by atoms with Crippen LogP contribution in [0.4, 0.5) is 11.5 Å². The number of nitrogens with one attached hydrogen (secondary N) is 2. The van der Waals surface area contributed by atoms with E-state index in [4.69, 9.17) is 9.47 Å². The van der Waals surface area contributed by atoms with Gasteiger partial charge in [-0.25, -0.2) is 0 Å². The van der Waals surface area contributed by atoms with E-state index in [0.717, 1.165) is 5.56 Å². The standard InChI is InChI=1S/C21H22N4O3/c1-14(15-7-5-4-6-8-15)22-21(26)18-11-12-20(25-24-18)23-17-10-9-16(27-2)13-19(17)28-3/h4-14H,1-3H3,(H,22,26)(H,23,25). The van der Waals surface area contributed by atoms with E-state index in [1.165, 1.54) is 0 Å². The minimum Gasteiger partial charge on any atom is -0.497 e. The SMILES string of the molecule is COc1ccc(Nc2ccc(C(=O)NC(C)c3ccccc3)nn2)c(OC)c1. The molecule has 1 amide bonds. The van der Waals surface area contributed by atoms with Crippen LogP contribution >= 0.6 is 0 Å². The first-order valence-electron chi connectivity index (χ1n) is 8.79. The van der Waals surface area contributed by atoms with Gasteiger partial charge in [0, 0.05) is 6.07 Å². The molecule has 7 heteroatoms. The largest absolute Gasteiger partial charge is 0.497 e. The average Bonchev–Trinajstić information content (AvgIpc) is 2.75. The second kappa shape index (κ2) is 8.85. The van der Waals surface area contributed by atoms with Crippen molar-refractivity contribution in [1.29, 1.82) is 0 Å². The van der Waals surface area contributed by atoms with Gasteiger partial charge >= 0.3 is 0 Å². The molecule has 3 rings (SSSR count). The van der Waals surface area contributed by atoms with E-state index in [-0.39, 0.29) is 17.6 Å². The number of hydrogen-bond acceptors (Lipinski definition) is 6. The minimum atomic E-state index is -0.280. The molecule has 1 heterocycles. The molecule has 0 aliphatic carbocycles. The molecule has 7 nitrogen and oxygen atoms in total. The summed E-state index contributed by atoms with van der Waals surface area (Å²) in [5, 5.41) is 14.1. The molecule has 28 heavy (non-hydrogen) atoms. The van der Waals surface area contributed by atoms with E-state index >= 15 is 0 Å². The van der Waals surface area contributed by atoms with E-state index in [0.29, 0.717) is 23.0 Å². The van der Waals surface area contributed by atoms with Crippen molar-refractivity contribution < 1.29 is 14.3 Å². The van der Waals surface area contributed by atoms with Gasteiger partial charge in [-0.1, -0.05) is 30.3 Å². The molecule has 2 aromatic carbocycles. The van der Waals surface area contributed by atoms with Crippen molar-refractivity contribution in [1.82, 2.24) is 15.5 Å². The Labute approximate surface area is 163 Å². The predicted octanol–water partition coefficient (Wildman–Crippen LogP) is 3.73. The van der Waals surface area contributed by atoms with Gasteiger partial charge in [0.1, 0.15) is 11.5 Å². The third-order valence-electron chi connectivity index (χ3n) is 4.22. The van der Waals surface area contributed by atoms with Crippen LogP contribution < -0.4 is 20.1 Å². The lowest BCUT2D eigenvalue weighted by Crippen LogP contribution is -2.27. The van der Waals surface area contributed by atoms with Crippen LogP contribution in [-0.4, -0.2) is 30.3 Å². The van der Waals surface area contributed by atoms with Gasteiger partial charge in [0.15, 0.2) is 11.5 Å². The lowest BCUT2D eigenvalue weighted by molar-refractivity contribution is 0.0934. The molecular weight excluding hydrogens is 356 g/mol. The highest BCUT2D eigenvalue weighted by atomic mass is 16.5. The summed E-state index contributed by atoms with van der Waals surface area (Å²) in [6, 6.07) is 18.3. The Bertz CT molecular complexity index is 930. The van der Waals surface area contributed by atoms with E-state index in [2.05, 4.69) is 20.8 Å². The predicted molar refractivity (Wildman–Crippen MR) is 107 cm³/mol. The van der Waals surface area contributed by atoms with Crippen LogP contribution in [0, 0.1) is 0 Å². The highest BCUT2D eigenvalue weighted by molar-refractivity contribution is 5.92. The number of ether oxygens (including phenoxy) is 2. The number of carbonyl (C=O) groups is 1. The Balaban J connectivity index is 1.67. The van der Waals surface area contributed by atoms with Gasteiger partial charge in [0.2, 0.25) is 0 Å². The van der Waals surface area contributed by atoms with Crippen molar-refractivity contribution >= 4 is 17.4 Å². The Hall–Kier alpha value is -3.61. The molecule has 0 aliphatic heterocycles. The highest BCUT2D eigenvalue weighted by Gasteiger charge is 2.13. The second-order valence-corrected chi connectivity index (χ2v) is 6.10. The molecule has 0 saturated heterocycles. The molecule has 0 radical (unpaired) electrons. The summed E-state index contributed by atoms with van der Waals surface area (Å²) in [5.41, 5.74) is 1.98. The van der Waals surface area contributed by atoms with Crippen molar-refractivity contribution in [2.45, 2.75) is 13.0 Å². The molecule has 0 fully saturated rings. The first kappa shape index (κ1) is 19.2. The normalized spacial score (nSPS) is 11.4. The molecule has 2 N–H and O–H groups in total. The molecular formula is C21H22N4O3. The van der Waals surface area contributed by atoms with Crippen LogP contribution in [0.15, 0.2) is 60.7 Å². The maximum Gasteiger partial charge on any atom is 0.272 e. The average molecular weight is 378 g/mol. The van der Waals surface area contributed by atoms with E-state index in [1.54, 1.807) is 32.4 Å². The summed E-state index contributed by atoms with van der Waals surface area (Å²) in [6.07, 6.45) is 0. The topological polar surface area (TPSA) is 85.4 Å². The van der Waals surface area contributed by atoms with Gasteiger partial charge < -0.3 is 20.1 Å². The van der Waals surface area contributed by atoms with E-state index in [1.807, 2.05) is 49.4 Å². The molecule has 1 aromatic heterocycles. The van der Waals surface area contributed by atoms with Gasteiger partial charge in [-0.2, -0.15) is 0 Å². The van der Waals surface area contributed by atoms with Crippen LogP contribution in [0.2, 0.25) is 0 Å². The number of amides is 1. The van der Waals surface area contributed by atoms with E-state index < -0.39 is 0 Å². The number of rotatable bonds is 7. The summed E-state index contributed by atoms with van der Waals surface area (Å²) in [6.45, 7) is 1.92. The van der Waals surface area contributed by atoms with Crippen molar-refractivity contribution in [3.8, 4) is 11.5 Å². The quantitative estimate of drug-likeness (QED) is 0.652. The maximum atomic E-state index is 12.4. The van der Waals surface area contributed by atoms with Crippen LogP contribution in [-0.2, 0) is 0 Å².